The van der Waals surface area contributed by atoms with E-state index in [-0.39, 0.29) is 11.2 Å². The normalized spacial score (nSPS) is 30.4. The molecule has 2 aliphatic rings. The summed E-state index contributed by atoms with van der Waals surface area (Å²) in [5.74, 6) is 6.88. The van der Waals surface area contributed by atoms with Crippen molar-refractivity contribution in [3.05, 3.63) is 30.1 Å². The van der Waals surface area contributed by atoms with E-state index in [1.165, 1.54) is 31.2 Å². The van der Waals surface area contributed by atoms with Crippen LogP contribution in [-0.4, -0.2) is 34.2 Å². The van der Waals surface area contributed by atoms with Crippen molar-refractivity contribution in [2.45, 2.75) is 76.5 Å². The molecule has 0 bridgehead atoms. The van der Waals surface area contributed by atoms with Gasteiger partial charge in [0.25, 0.3) is 0 Å². The number of pyridine rings is 1. The third-order valence-electron chi connectivity index (χ3n) is 5.25. The Bertz CT molecular complexity index is 601. The van der Waals surface area contributed by atoms with Gasteiger partial charge in [-0.05, 0) is 71.0 Å². The lowest BCUT2D eigenvalue weighted by Crippen LogP contribution is -2.42. The van der Waals surface area contributed by atoms with Crippen LogP contribution in [0.5, 0.6) is 0 Å². The Labute approximate surface area is 146 Å². The molecule has 130 valence electrons. The second-order valence-electron chi connectivity index (χ2n) is 8.02. The molecule has 2 fully saturated rings. The molecule has 0 amide bonds. The molecule has 1 aromatic rings. The lowest BCUT2D eigenvalue weighted by Gasteiger charge is -2.40. The Morgan fingerprint density at radius 2 is 2.12 bits per heavy atom. The topological polar surface area (TPSA) is 25.4 Å². The maximum atomic E-state index is 6.26. The summed E-state index contributed by atoms with van der Waals surface area (Å²) < 4.78 is 6.26. The molecule has 2 atom stereocenters. The summed E-state index contributed by atoms with van der Waals surface area (Å²) in [4.78, 5) is 6.80. The molecular formula is C21H30N2O. The van der Waals surface area contributed by atoms with Crippen molar-refractivity contribution in [3.63, 3.8) is 0 Å². The van der Waals surface area contributed by atoms with Crippen LogP contribution in [0.1, 0.15) is 70.9 Å². The molecule has 1 unspecified atom stereocenters. The number of nitrogens with zero attached hydrogens (tertiary/aromatic N) is 2. The fourth-order valence-electron chi connectivity index (χ4n) is 4.11. The molecule has 0 radical (unpaired) electrons. The minimum Gasteiger partial charge on any atom is -0.357 e. The average molecular weight is 326 g/mol. The Morgan fingerprint density at radius 3 is 2.88 bits per heavy atom. The van der Waals surface area contributed by atoms with Gasteiger partial charge in [-0.15, -0.1) is 0 Å². The summed E-state index contributed by atoms with van der Waals surface area (Å²) in [7, 11) is 0. The predicted octanol–water partition coefficient (Wildman–Crippen LogP) is 4.35. The van der Waals surface area contributed by atoms with E-state index in [2.05, 4.69) is 48.6 Å². The molecule has 2 aliphatic heterocycles. The van der Waals surface area contributed by atoms with Crippen LogP contribution >= 0.6 is 0 Å². The highest BCUT2D eigenvalue weighted by atomic mass is 16.5. The standard InChI is InChI=1S/C21H30N2O/c1-20(2)11-7-12-21(3,24-20)13-8-16-23-15-5-4-10-19(23)18-9-6-14-22-17-18/h6,9,14,17,19H,4-5,7,10-12,15-16H2,1-3H3/t19-,21?/m0/s1. The van der Waals surface area contributed by atoms with E-state index < -0.39 is 0 Å². The van der Waals surface area contributed by atoms with Crippen molar-refractivity contribution in [2.24, 2.45) is 0 Å². The van der Waals surface area contributed by atoms with Gasteiger partial charge in [0.15, 0.2) is 0 Å². The molecular weight excluding hydrogens is 296 g/mol. The first-order chi connectivity index (χ1) is 11.5. The van der Waals surface area contributed by atoms with Crippen molar-refractivity contribution in [2.75, 3.05) is 13.1 Å². The minimum absolute atomic E-state index is 0.0505. The van der Waals surface area contributed by atoms with Crippen molar-refractivity contribution in [1.82, 2.24) is 9.88 Å². The van der Waals surface area contributed by atoms with Crippen LogP contribution in [0.3, 0.4) is 0 Å². The van der Waals surface area contributed by atoms with Gasteiger partial charge in [-0.2, -0.15) is 0 Å². The SMILES string of the molecule is CC1(C)CCCC(C)(C#CCN2CCCC[C@H]2c2cccnc2)O1. The van der Waals surface area contributed by atoms with E-state index in [0.717, 1.165) is 25.9 Å². The number of rotatable bonds is 2. The molecule has 0 spiro atoms. The highest BCUT2D eigenvalue weighted by Gasteiger charge is 2.36. The molecule has 0 saturated carbocycles. The molecule has 24 heavy (non-hydrogen) atoms. The van der Waals surface area contributed by atoms with Crippen molar-refractivity contribution in [3.8, 4) is 11.8 Å². The third kappa shape index (κ3) is 4.37. The summed E-state index contributed by atoms with van der Waals surface area (Å²) in [5, 5.41) is 0. The van der Waals surface area contributed by atoms with Gasteiger partial charge in [0, 0.05) is 18.4 Å². The van der Waals surface area contributed by atoms with Gasteiger partial charge in [-0.3, -0.25) is 9.88 Å². The van der Waals surface area contributed by atoms with Gasteiger partial charge in [0.1, 0.15) is 5.60 Å². The Kier molecular flexibility index (Phi) is 5.27. The van der Waals surface area contributed by atoms with E-state index >= 15 is 0 Å². The zero-order valence-electron chi connectivity index (χ0n) is 15.3. The summed E-state index contributed by atoms with van der Waals surface area (Å²) >= 11 is 0. The monoisotopic (exact) mass is 326 g/mol. The van der Waals surface area contributed by atoms with Crippen LogP contribution in [0, 0.1) is 11.8 Å². The number of aromatic nitrogens is 1. The van der Waals surface area contributed by atoms with E-state index in [1.54, 1.807) is 0 Å². The molecule has 0 N–H and O–H groups in total. The zero-order chi connectivity index (χ0) is 17.0. The third-order valence-corrected chi connectivity index (χ3v) is 5.25. The number of piperidine rings is 1. The maximum absolute atomic E-state index is 6.26. The van der Waals surface area contributed by atoms with Gasteiger partial charge in [-0.1, -0.05) is 24.3 Å². The lowest BCUT2D eigenvalue weighted by molar-refractivity contribution is -0.135. The summed E-state index contributed by atoms with van der Waals surface area (Å²) in [6.45, 7) is 8.44. The van der Waals surface area contributed by atoms with Crippen LogP contribution < -0.4 is 0 Å². The van der Waals surface area contributed by atoms with E-state index in [4.69, 9.17) is 4.74 Å². The van der Waals surface area contributed by atoms with Gasteiger partial charge in [0.05, 0.1) is 12.1 Å². The molecule has 3 rings (SSSR count). The number of ether oxygens (including phenoxy) is 1. The fraction of sp³-hybridized carbons (Fsp3) is 0.667. The first-order valence-corrected chi connectivity index (χ1v) is 9.32. The van der Waals surface area contributed by atoms with Gasteiger partial charge < -0.3 is 4.74 Å². The van der Waals surface area contributed by atoms with Crippen molar-refractivity contribution >= 4 is 0 Å². The second-order valence-corrected chi connectivity index (χ2v) is 8.02. The minimum atomic E-state index is -0.290. The Balaban J connectivity index is 1.67. The van der Waals surface area contributed by atoms with Crippen LogP contribution in [0.4, 0.5) is 0 Å². The van der Waals surface area contributed by atoms with E-state index in [1.807, 2.05) is 18.5 Å². The van der Waals surface area contributed by atoms with Crippen LogP contribution in [0.25, 0.3) is 0 Å². The zero-order valence-corrected chi connectivity index (χ0v) is 15.3. The van der Waals surface area contributed by atoms with E-state index in [0.29, 0.717) is 6.04 Å². The van der Waals surface area contributed by atoms with E-state index in [9.17, 15) is 0 Å². The maximum Gasteiger partial charge on any atom is 0.126 e. The highest BCUT2D eigenvalue weighted by molar-refractivity contribution is 5.18. The molecule has 3 heteroatoms. The fourth-order valence-corrected chi connectivity index (χ4v) is 4.11. The van der Waals surface area contributed by atoms with Crippen LogP contribution in [0.2, 0.25) is 0 Å². The second kappa shape index (κ2) is 7.25. The van der Waals surface area contributed by atoms with Gasteiger partial charge >= 0.3 is 0 Å². The van der Waals surface area contributed by atoms with Gasteiger partial charge in [-0.25, -0.2) is 0 Å². The average Bonchev–Trinajstić information content (AvgIpc) is 2.55. The summed E-state index contributed by atoms with van der Waals surface area (Å²) in [6, 6.07) is 4.68. The summed E-state index contributed by atoms with van der Waals surface area (Å²) in [6.07, 6.45) is 11.0. The lowest BCUT2D eigenvalue weighted by atomic mass is 9.88. The largest absolute Gasteiger partial charge is 0.357 e. The van der Waals surface area contributed by atoms with Gasteiger partial charge in [0.2, 0.25) is 0 Å². The first-order valence-electron chi connectivity index (χ1n) is 9.32. The molecule has 1 aromatic heterocycles. The summed E-state index contributed by atoms with van der Waals surface area (Å²) in [5.41, 5.74) is 0.979. The highest BCUT2D eigenvalue weighted by Crippen LogP contribution is 2.34. The van der Waals surface area contributed by atoms with Crippen molar-refractivity contribution < 1.29 is 4.74 Å². The molecule has 3 nitrogen and oxygen atoms in total. The predicted molar refractivity (Wildman–Crippen MR) is 97.6 cm³/mol. The smallest absolute Gasteiger partial charge is 0.126 e. The molecule has 2 saturated heterocycles. The Morgan fingerprint density at radius 1 is 1.25 bits per heavy atom. The number of hydrogen-bond donors (Lipinski definition) is 0. The van der Waals surface area contributed by atoms with Crippen molar-refractivity contribution in [1.29, 1.82) is 0 Å². The Hall–Kier alpha value is -1.37. The molecule has 3 heterocycles. The molecule has 0 aromatic carbocycles. The van der Waals surface area contributed by atoms with Crippen LogP contribution in [0.15, 0.2) is 24.5 Å². The first kappa shape index (κ1) is 17.5. The quantitative estimate of drug-likeness (QED) is 0.756. The number of likely N-dealkylation sites (tertiary alicyclic amines) is 1. The van der Waals surface area contributed by atoms with Crippen LogP contribution in [-0.2, 0) is 4.74 Å². The number of hydrogen-bond acceptors (Lipinski definition) is 3. The molecule has 0 aliphatic carbocycles.